The lowest BCUT2D eigenvalue weighted by molar-refractivity contribution is -0.145. The molecular formula is C23H28N2O5. The smallest absolute Gasteiger partial charge is 0.408 e. The first-order chi connectivity index (χ1) is 14.5. The highest BCUT2D eigenvalue weighted by atomic mass is 16.5. The minimum absolute atomic E-state index is 0.103. The normalized spacial score (nSPS) is 12.3. The molecule has 0 saturated heterocycles. The van der Waals surface area contributed by atoms with Crippen molar-refractivity contribution in [1.29, 1.82) is 0 Å². The molecule has 7 heteroatoms. The van der Waals surface area contributed by atoms with Gasteiger partial charge >= 0.3 is 12.1 Å². The van der Waals surface area contributed by atoms with Crippen molar-refractivity contribution in [3.05, 3.63) is 71.8 Å². The fraction of sp³-hybridized carbons (Fsp3) is 0.348. The highest BCUT2D eigenvalue weighted by Crippen LogP contribution is 2.07. The molecule has 0 radical (unpaired) electrons. The second-order valence-electron chi connectivity index (χ2n) is 6.82. The number of hydrogen-bond donors (Lipinski definition) is 2. The van der Waals surface area contributed by atoms with Crippen LogP contribution in [0.15, 0.2) is 60.7 Å². The van der Waals surface area contributed by atoms with E-state index in [0.717, 1.165) is 11.1 Å². The number of esters is 1. The summed E-state index contributed by atoms with van der Waals surface area (Å²) in [7, 11) is 1.27. The lowest BCUT2D eigenvalue weighted by Crippen LogP contribution is -2.52. The van der Waals surface area contributed by atoms with Gasteiger partial charge in [0.2, 0.25) is 5.91 Å². The molecule has 0 aliphatic carbocycles. The van der Waals surface area contributed by atoms with Gasteiger partial charge in [-0.05, 0) is 17.5 Å². The molecule has 0 bridgehead atoms. The monoisotopic (exact) mass is 412 g/mol. The maximum absolute atomic E-state index is 12.8. The van der Waals surface area contributed by atoms with Gasteiger partial charge in [0.25, 0.3) is 0 Å². The predicted octanol–water partition coefficient (Wildman–Crippen LogP) is 2.98. The minimum Gasteiger partial charge on any atom is -0.467 e. The molecule has 2 atom stereocenters. The van der Waals surface area contributed by atoms with Crippen molar-refractivity contribution in [1.82, 2.24) is 10.6 Å². The maximum Gasteiger partial charge on any atom is 0.408 e. The van der Waals surface area contributed by atoms with Crippen molar-refractivity contribution >= 4 is 18.0 Å². The number of amides is 2. The summed E-state index contributed by atoms with van der Waals surface area (Å²) in [5, 5.41) is 5.29. The van der Waals surface area contributed by atoms with E-state index in [4.69, 9.17) is 9.47 Å². The average molecular weight is 412 g/mol. The Kier molecular flexibility index (Phi) is 9.37. The standard InChI is InChI=1S/C23H28N2O5/c1-3-10-19(25-23(28)30-16-18-13-8-5-9-14-18)21(26)24-20(22(27)29-2)15-17-11-6-4-7-12-17/h4-9,11-14,19-20H,3,10,15-16H2,1-2H3,(H,24,26)(H,25,28)/t19-,20+/m1/s1. The second kappa shape index (κ2) is 12.3. The van der Waals surface area contributed by atoms with Gasteiger partial charge in [0, 0.05) is 6.42 Å². The Bertz CT molecular complexity index is 811. The summed E-state index contributed by atoms with van der Waals surface area (Å²) in [4.78, 5) is 37.1. The lowest BCUT2D eigenvalue weighted by atomic mass is 10.0. The van der Waals surface area contributed by atoms with Crippen molar-refractivity contribution in [3.8, 4) is 0 Å². The number of rotatable bonds is 10. The number of hydrogen-bond acceptors (Lipinski definition) is 5. The molecule has 0 saturated carbocycles. The molecule has 2 aromatic rings. The van der Waals surface area contributed by atoms with Gasteiger partial charge in [0.1, 0.15) is 18.7 Å². The summed E-state index contributed by atoms with van der Waals surface area (Å²) in [5.41, 5.74) is 1.73. The van der Waals surface area contributed by atoms with Crippen LogP contribution in [0.5, 0.6) is 0 Å². The lowest BCUT2D eigenvalue weighted by Gasteiger charge is -2.22. The number of alkyl carbamates (subject to hydrolysis) is 1. The van der Waals surface area contributed by atoms with Crippen LogP contribution in [-0.2, 0) is 32.1 Å². The molecule has 0 unspecified atom stereocenters. The quantitative estimate of drug-likeness (QED) is 0.585. The first-order valence-electron chi connectivity index (χ1n) is 9.92. The number of nitrogens with one attached hydrogen (secondary N) is 2. The van der Waals surface area contributed by atoms with E-state index in [-0.39, 0.29) is 13.0 Å². The summed E-state index contributed by atoms with van der Waals surface area (Å²) >= 11 is 0. The summed E-state index contributed by atoms with van der Waals surface area (Å²) in [5.74, 6) is -1.01. The van der Waals surface area contributed by atoms with E-state index in [2.05, 4.69) is 10.6 Å². The summed E-state index contributed by atoms with van der Waals surface area (Å²) in [6.07, 6.45) is 0.672. The number of methoxy groups -OCH3 is 1. The Labute approximate surface area is 176 Å². The van der Waals surface area contributed by atoms with Crippen LogP contribution in [-0.4, -0.2) is 37.2 Å². The molecule has 2 rings (SSSR count). The molecule has 2 amide bonds. The number of carbonyl (C=O) groups is 3. The Hall–Kier alpha value is -3.35. The van der Waals surface area contributed by atoms with E-state index in [9.17, 15) is 14.4 Å². The molecule has 0 aromatic heterocycles. The van der Waals surface area contributed by atoms with E-state index < -0.39 is 30.1 Å². The van der Waals surface area contributed by atoms with Crippen LogP contribution < -0.4 is 10.6 Å². The van der Waals surface area contributed by atoms with Gasteiger partial charge in [-0.2, -0.15) is 0 Å². The maximum atomic E-state index is 12.8. The number of carbonyl (C=O) groups excluding carboxylic acids is 3. The largest absolute Gasteiger partial charge is 0.467 e. The third kappa shape index (κ3) is 7.58. The Morgan fingerprint density at radius 2 is 1.47 bits per heavy atom. The van der Waals surface area contributed by atoms with Crippen LogP contribution in [0.4, 0.5) is 4.79 Å². The van der Waals surface area contributed by atoms with Crippen LogP contribution in [0.1, 0.15) is 30.9 Å². The van der Waals surface area contributed by atoms with E-state index in [0.29, 0.717) is 12.8 Å². The Morgan fingerprint density at radius 3 is 2.03 bits per heavy atom. The van der Waals surface area contributed by atoms with Crippen molar-refractivity contribution in [2.24, 2.45) is 0 Å². The molecule has 30 heavy (non-hydrogen) atoms. The van der Waals surface area contributed by atoms with Crippen molar-refractivity contribution in [2.75, 3.05) is 7.11 Å². The first kappa shape index (κ1) is 22.9. The topological polar surface area (TPSA) is 93.7 Å². The van der Waals surface area contributed by atoms with E-state index in [1.54, 1.807) is 0 Å². The molecule has 0 spiro atoms. The fourth-order valence-corrected chi connectivity index (χ4v) is 2.92. The van der Waals surface area contributed by atoms with E-state index in [1.807, 2.05) is 67.6 Å². The molecule has 7 nitrogen and oxygen atoms in total. The Balaban J connectivity index is 1.97. The molecule has 0 heterocycles. The molecule has 2 N–H and O–H groups in total. The highest BCUT2D eigenvalue weighted by molar-refractivity contribution is 5.89. The number of benzene rings is 2. The van der Waals surface area contributed by atoms with Crippen LogP contribution >= 0.6 is 0 Å². The van der Waals surface area contributed by atoms with Crippen molar-refractivity contribution < 1.29 is 23.9 Å². The SMILES string of the molecule is CCC[C@@H](NC(=O)OCc1ccccc1)C(=O)N[C@@H](Cc1ccccc1)C(=O)OC. The molecule has 2 aromatic carbocycles. The first-order valence-corrected chi connectivity index (χ1v) is 9.92. The molecule has 0 aliphatic rings. The van der Waals surface area contributed by atoms with Gasteiger partial charge in [-0.15, -0.1) is 0 Å². The molecule has 0 fully saturated rings. The van der Waals surface area contributed by atoms with Gasteiger partial charge in [-0.1, -0.05) is 74.0 Å². The number of ether oxygens (including phenoxy) is 2. The predicted molar refractivity (Wildman–Crippen MR) is 113 cm³/mol. The molecular weight excluding hydrogens is 384 g/mol. The van der Waals surface area contributed by atoms with Gasteiger partial charge in [0.05, 0.1) is 7.11 Å². The summed E-state index contributed by atoms with van der Waals surface area (Å²) < 4.78 is 10.0. The highest BCUT2D eigenvalue weighted by Gasteiger charge is 2.27. The summed E-state index contributed by atoms with van der Waals surface area (Å²) in [6.45, 7) is 2.00. The van der Waals surface area contributed by atoms with Gasteiger partial charge in [0.15, 0.2) is 0 Å². The molecule has 160 valence electrons. The van der Waals surface area contributed by atoms with Crippen LogP contribution in [0.25, 0.3) is 0 Å². The van der Waals surface area contributed by atoms with Gasteiger partial charge < -0.3 is 20.1 Å². The minimum atomic E-state index is -0.855. The second-order valence-corrected chi connectivity index (χ2v) is 6.82. The van der Waals surface area contributed by atoms with Gasteiger partial charge in [-0.25, -0.2) is 9.59 Å². The van der Waals surface area contributed by atoms with Crippen LogP contribution in [0.3, 0.4) is 0 Å². The van der Waals surface area contributed by atoms with Crippen LogP contribution in [0, 0.1) is 0 Å². The third-order valence-electron chi connectivity index (χ3n) is 4.48. The van der Waals surface area contributed by atoms with Crippen molar-refractivity contribution in [3.63, 3.8) is 0 Å². The average Bonchev–Trinajstić information content (AvgIpc) is 2.77. The fourth-order valence-electron chi connectivity index (χ4n) is 2.92. The van der Waals surface area contributed by atoms with Crippen LogP contribution in [0.2, 0.25) is 0 Å². The van der Waals surface area contributed by atoms with Gasteiger partial charge in [-0.3, -0.25) is 4.79 Å². The molecule has 0 aliphatic heterocycles. The third-order valence-corrected chi connectivity index (χ3v) is 4.48. The Morgan fingerprint density at radius 1 is 0.867 bits per heavy atom. The zero-order valence-corrected chi connectivity index (χ0v) is 17.3. The van der Waals surface area contributed by atoms with Crippen molar-refractivity contribution in [2.45, 2.75) is 44.9 Å². The van der Waals surface area contributed by atoms with E-state index >= 15 is 0 Å². The zero-order valence-electron chi connectivity index (χ0n) is 17.3. The van der Waals surface area contributed by atoms with E-state index in [1.165, 1.54) is 7.11 Å². The zero-order chi connectivity index (χ0) is 21.8. The summed E-state index contributed by atoms with van der Waals surface area (Å²) in [6, 6.07) is 16.9.